The number of amidine groups is 1. The number of aliphatic imine (C=N–C) groups is 1. The normalized spacial score (nSPS) is 35.1. The molecule has 1 aliphatic heterocycles. The minimum atomic E-state index is -2.59. The van der Waals surface area contributed by atoms with Gasteiger partial charge in [0.25, 0.3) is 0 Å². The summed E-state index contributed by atoms with van der Waals surface area (Å²) < 4.78 is 12.9. The lowest BCUT2D eigenvalue weighted by atomic mass is 10.1. The zero-order chi connectivity index (χ0) is 18.2. The highest BCUT2D eigenvalue weighted by atomic mass is 32.7. The monoisotopic (exact) mass is 384 g/mol. The number of carbonyl (C=O) groups is 1. The second kappa shape index (κ2) is 7.09. The molecule has 0 aromatic carbocycles. The SMILES string of the molecule is C=C[C@@H]1CC1(NC(=O)C1CCCN1C)C(=NC)NP(C)(=O)SC1CC1. The van der Waals surface area contributed by atoms with Crippen molar-refractivity contribution in [1.82, 2.24) is 15.3 Å². The summed E-state index contributed by atoms with van der Waals surface area (Å²) in [5.41, 5.74) is -0.577. The van der Waals surface area contributed by atoms with Gasteiger partial charge < -0.3 is 10.4 Å². The van der Waals surface area contributed by atoms with Crippen molar-refractivity contribution >= 4 is 29.6 Å². The van der Waals surface area contributed by atoms with Crippen LogP contribution in [0, 0.1) is 5.92 Å². The van der Waals surface area contributed by atoms with E-state index in [0.717, 1.165) is 38.6 Å². The van der Waals surface area contributed by atoms with E-state index >= 15 is 0 Å². The summed E-state index contributed by atoms with van der Waals surface area (Å²) in [5.74, 6) is 0.791. The Hall–Kier alpha value is -0.780. The van der Waals surface area contributed by atoms with Gasteiger partial charge in [-0.25, -0.2) is 0 Å². The van der Waals surface area contributed by atoms with Crippen molar-refractivity contribution in [2.75, 3.05) is 27.3 Å². The van der Waals surface area contributed by atoms with Gasteiger partial charge in [-0.1, -0.05) is 17.5 Å². The van der Waals surface area contributed by atoms with Crippen LogP contribution < -0.4 is 10.4 Å². The quantitative estimate of drug-likeness (QED) is 0.305. The third kappa shape index (κ3) is 4.15. The zero-order valence-electron chi connectivity index (χ0n) is 15.3. The summed E-state index contributed by atoms with van der Waals surface area (Å²) >= 11 is 1.53. The van der Waals surface area contributed by atoms with Crippen LogP contribution in [0.3, 0.4) is 0 Å². The van der Waals surface area contributed by atoms with Crippen LogP contribution in [-0.4, -0.2) is 60.8 Å². The summed E-state index contributed by atoms with van der Waals surface area (Å²) in [6.07, 6.45) is 6.81. The Morgan fingerprint density at radius 1 is 1.44 bits per heavy atom. The van der Waals surface area contributed by atoms with Crippen LogP contribution in [0.1, 0.15) is 32.1 Å². The number of likely N-dealkylation sites (N-methyl/N-ethyl adjacent to an activating group) is 1. The maximum Gasteiger partial charge on any atom is 0.238 e. The Morgan fingerprint density at radius 2 is 2.16 bits per heavy atom. The number of rotatable bonds is 7. The van der Waals surface area contributed by atoms with Gasteiger partial charge in [0.2, 0.25) is 12.4 Å². The molecule has 1 amide bonds. The first-order chi connectivity index (χ1) is 11.8. The smallest absolute Gasteiger partial charge is 0.238 e. The highest BCUT2D eigenvalue weighted by Crippen LogP contribution is 2.60. The molecular formula is C17H29N4O2PS. The van der Waals surface area contributed by atoms with Crippen molar-refractivity contribution in [2.45, 2.75) is 48.9 Å². The van der Waals surface area contributed by atoms with Crippen molar-refractivity contribution in [3.8, 4) is 0 Å². The minimum Gasteiger partial charge on any atom is -0.341 e. The van der Waals surface area contributed by atoms with Crippen LogP contribution in [0.15, 0.2) is 17.6 Å². The molecule has 2 saturated carbocycles. The van der Waals surface area contributed by atoms with Crippen molar-refractivity contribution < 1.29 is 9.36 Å². The summed E-state index contributed by atoms with van der Waals surface area (Å²) in [6.45, 7) is 4.00. The van der Waals surface area contributed by atoms with Crippen LogP contribution in [-0.2, 0) is 9.36 Å². The van der Waals surface area contributed by atoms with Gasteiger partial charge in [-0.3, -0.25) is 19.3 Å². The minimum absolute atomic E-state index is 0.0353. The van der Waals surface area contributed by atoms with Gasteiger partial charge >= 0.3 is 0 Å². The molecule has 1 heterocycles. The molecule has 3 rings (SSSR count). The molecular weight excluding hydrogens is 355 g/mol. The zero-order valence-corrected chi connectivity index (χ0v) is 17.0. The van der Waals surface area contributed by atoms with E-state index in [1.54, 1.807) is 13.7 Å². The van der Waals surface area contributed by atoms with Crippen LogP contribution in [0.4, 0.5) is 0 Å². The summed E-state index contributed by atoms with van der Waals surface area (Å²) in [6, 6.07) is -0.0877. The second-order valence-corrected chi connectivity index (χ2v) is 13.0. The molecule has 6 nitrogen and oxygen atoms in total. The van der Waals surface area contributed by atoms with Crippen molar-refractivity contribution in [2.24, 2.45) is 10.9 Å². The van der Waals surface area contributed by atoms with Crippen molar-refractivity contribution in [3.05, 3.63) is 12.7 Å². The molecule has 25 heavy (non-hydrogen) atoms. The van der Waals surface area contributed by atoms with E-state index in [1.807, 2.05) is 13.1 Å². The molecule has 3 aliphatic rings. The summed E-state index contributed by atoms with van der Waals surface area (Å²) in [4.78, 5) is 19.3. The van der Waals surface area contributed by atoms with Gasteiger partial charge in [0.05, 0.1) is 6.04 Å². The lowest BCUT2D eigenvalue weighted by Crippen LogP contribution is -2.54. The topological polar surface area (TPSA) is 73.8 Å². The fourth-order valence-electron chi connectivity index (χ4n) is 3.62. The predicted octanol–water partition coefficient (Wildman–Crippen LogP) is 2.48. The maximum absolute atomic E-state index is 12.9. The maximum atomic E-state index is 12.9. The number of amides is 1. The highest BCUT2D eigenvalue weighted by Gasteiger charge is 2.59. The Balaban J connectivity index is 1.73. The van der Waals surface area contributed by atoms with Gasteiger partial charge in [-0.15, -0.1) is 6.58 Å². The number of likely N-dealkylation sites (tertiary alicyclic amines) is 1. The molecule has 3 unspecified atom stereocenters. The molecule has 2 aliphatic carbocycles. The fourth-order valence-corrected chi connectivity index (χ4v) is 8.03. The Kier molecular flexibility index (Phi) is 5.38. The number of nitrogens with one attached hydrogen (secondary N) is 2. The Morgan fingerprint density at radius 3 is 2.64 bits per heavy atom. The van der Waals surface area contributed by atoms with Crippen LogP contribution >= 0.6 is 17.9 Å². The van der Waals surface area contributed by atoms with E-state index in [2.05, 4.69) is 26.9 Å². The number of hydrogen-bond donors (Lipinski definition) is 2. The molecule has 0 bridgehead atoms. The van der Waals surface area contributed by atoms with Gasteiger partial charge in [0.15, 0.2) is 0 Å². The van der Waals surface area contributed by atoms with Crippen LogP contribution in [0.25, 0.3) is 0 Å². The van der Waals surface area contributed by atoms with E-state index in [0.29, 0.717) is 11.1 Å². The molecule has 0 spiro atoms. The molecule has 0 radical (unpaired) electrons. The number of carbonyl (C=O) groups excluding carboxylic acids is 1. The Labute approximate surface area is 154 Å². The molecule has 3 fully saturated rings. The van der Waals surface area contributed by atoms with E-state index in [4.69, 9.17) is 0 Å². The van der Waals surface area contributed by atoms with Crippen LogP contribution in [0.5, 0.6) is 0 Å². The molecule has 8 heteroatoms. The molecule has 1 saturated heterocycles. The third-order valence-corrected chi connectivity index (χ3v) is 9.46. The number of hydrogen-bond acceptors (Lipinski definition) is 5. The van der Waals surface area contributed by atoms with Gasteiger partial charge in [0.1, 0.15) is 11.4 Å². The van der Waals surface area contributed by atoms with E-state index in [9.17, 15) is 9.36 Å². The first kappa shape index (κ1) is 19.0. The van der Waals surface area contributed by atoms with Crippen molar-refractivity contribution in [1.29, 1.82) is 0 Å². The van der Waals surface area contributed by atoms with E-state index in [1.165, 1.54) is 11.4 Å². The molecule has 0 aromatic heterocycles. The average Bonchev–Trinajstić information content (AvgIpc) is 3.44. The highest BCUT2D eigenvalue weighted by molar-refractivity contribution is 8.57. The lowest BCUT2D eigenvalue weighted by Gasteiger charge is -2.28. The fraction of sp³-hybridized carbons (Fsp3) is 0.765. The Bertz CT molecular complexity index is 636. The van der Waals surface area contributed by atoms with E-state index < -0.39 is 12.0 Å². The summed E-state index contributed by atoms with van der Waals surface area (Å²) in [7, 11) is 3.68. The standard InChI is InChI=1S/C17H29N4O2PS/c1-5-12-11-17(12,19-15(22)14-7-6-10-21(14)3)16(18-2)20-24(4,23)25-13-8-9-13/h5,12-14H,1,6-11H2,2-4H3,(H,19,22)(H,18,20,23)/t12-,14?,17?,24?/m1/s1. The molecule has 4 atom stereocenters. The van der Waals surface area contributed by atoms with E-state index in [-0.39, 0.29) is 17.9 Å². The first-order valence-electron chi connectivity index (χ1n) is 8.97. The van der Waals surface area contributed by atoms with Gasteiger partial charge in [-0.05, 0) is 45.7 Å². The predicted molar refractivity (Wildman–Crippen MR) is 105 cm³/mol. The lowest BCUT2D eigenvalue weighted by molar-refractivity contribution is -0.125. The third-order valence-electron chi connectivity index (χ3n) is 5.30. The molecule has 2 N–H and O–H groups in total. The first-order valence-corrected chi connectivity index (χ1v) is 12.6. The second-order valence-electron chi connectivity index (χ2n) is 7.48. The van der Waals surface area contributed by atoms with Crippen molar-refractivity contribution in [3.63, 3.8) is 0 Å². The van der Waals surface area contributed by atoms with Crippen LogP contribution in [0.2, 0.25) is 0 Å². The number of nitrogens with zero attached hydrogens (tertiary/aromatic N) is 2. The average molecular weight is 384 g/mol. The van der Waals surface area contributed by atoms with Gasteiger partial charge in [0, 0.05) is 24.9 Å². The molecule has 140 valence electrons. The van der Waals surface area contributed by atoms with Gasteiger partial charge in [-0.2, -0.15) is 0 Å². The largest absolute Gasteiger partial charge is 0.341 e. The summed E-state index contributed by atoms with van der Waals surface area (Å²) in [5, 5.41) is 6.88. The molecule has 0 aromatic rings.